The average Bonchev–Trinajstić information content (AvgIpc) is 3.15. The van der Waals surface area contributed by atoms with Crippen LogP contribution < -0.4 is 16.0 Å². The molecular weight excluding hydrogens is 818 g/mol. The zero-order valence-corrected chi connectivity index (χ0v) is 32.0. The lowest BCUT2D eigenvalue weighted by molar-refractivity contribution is -0.353. The van der Waals surface area contributed by atoms with Crippen molar-refractivity contribution < 1.29 is 116 Å². The van der Waals surface area contributed by atoms with E-state index in [0.29, 0.717) is 0 Å². The van der Waals surface area contributed by atoms with Gasteiger partial charge in [0.05, 0.1) is 39.1 Å². The second kappa shape index (κ2) is 21.9. The predicted molar refractivity (Wildman–Crippen MR) is 181 cm³/mol. The van der Waals surface area contributed by atoms with Gasteiger partial charge in [-0.05, 0) is 0 Å². The molecule has 15 N–H and O–H groups in total. The van der Waals surface area contributed by atoms with Gasteiger partial charge < -0.3 is 101 Å². The molecule has 0 aliphatic carbocycles. The van der Waals surface area contributed by atoms with Crippen LogP contribution in [0.5, 0.6) is 0 Å². The predicted octanol–water partition coefficient (Wildman–Crippen LogP) is -9.85. The van der Waals surface area contributed by atoms with Crippen LogP contribution in [0.25, 0.3) is 0 Å². The minimum absolute atomic E-state index is 0.776. The average molecular weight is 872 g/mol. The Morgan fingerprint density at radius 2 is 1.22 bits per heavy atom. The number of hydrogen-bond donors (Lipinski definition) is 15. The van der Waals surface area contributed by atoms with Crippen molar-refractivity contribution in [3.05, 3.63) is 0 Å². The molecule has 27 nitrogen and oxygen atoms in total. The smallest absolute Gasteiger partial charge is 0.394 e. The maximum Gasteiger partial charge on any atom is 0.397 e. The van der Waals surface area contributed by atoms with Crippen molar-refractivity contribution in [1.82, 2.24) is 16.0 Å². The molecular formula is C30H53N3O24S. The summed E-state index contributed by atoms with van der Waals surface area (Å²) in [5.41, 5.74) is 0. The molecule has 0 aromatic carbocycles. The molecule has 3 heterocycles. The van der Waals surface area contributed by atoms with E-state index in [9.17, 15) is 79.0 Å². The first-order valence-corrected chi connectivity index (χ1v) is 19.0. The van der Waals surface area contributed by atoms with Gasteiger partial charge in [-0.1, -0.05) is 0 Å². The molecule has 0 unspecified atom stereocenters. The standard InChI is InChI=1S/C30H53N3O24S/c1-9(37)31-12(4-34)26(19(41)13(40)7-51-28-17(32-10(2)38)22(44)21(43)16(55-28)8-52-58(48,49)50)56-29-18(33-11(3)39)23(45)27(15(6-36)54-29)57-30-25(47)24(46)20(42)14(5-35)53-30/h12-30,34-36,40-47H,4-8H2,1-3H3,(H,31,37)(H,32,38)(H,33,39)(H,48,49,50)/t12-,13+,14+,15+,16+,17+,18+,19-,20-,21+,22+,23+,24-,25+,26+,27+,28+,29-,30-/m0/s1. The minimum Gasteiger partial charge on any atom is -0.394 e. The number of carbonyl (C=O) groups excluding carboxylic acids is 3. The summed E-state index contributed by atoms with van der Waals surface area (Å²) in [4.78, 5) is 36.3. The second-order valence-electron chi connectivity index (χ2n) is 13.7. The van der Waals surface area contributed by atoms with Gasteiger partial charge in [-0.3, -0.25) is 18.9 Å². The number of nitrogens with one attached hydrogen (secondary N) is 3. The summed E-state index contributed by atoms with van der Waals surface area (Å²) in [5, 5.41) is 123. The van der Waals surface area contributed by atoms with Crippen molar-refractivity contribution in [3.63, 3.8) is 0 Å². The topological polar surface area (TPSA) is 429 Å². The van der Waals surface area contributed by atoms with Crippen molar-refractivity contribution >= 4 is 28.1 Å². The molecule has 0 radical (unpaired) electrons. The van der Waals surface area contributed by atoms with Crippen LogP contribution >= 0.6 is 0 Å². The molecule has 19 atom stereocenters. The maximum absolute atomic E-state index is 12.3. The number of aliphatic hydroxyl groups is 11. The van der Waals surface area contributed by atoms with Gasteiger partial charge >= 0.3 is 10.4 Å². The largest absolute Gasteiger partial charge is 0.397 e. The molecule has 58 heavy (non-hydrogen) atoms. The second-order valence-corrected chi connectivity index (χ2v) is 14.8. The van der Waals surface area contributed by atoms with E-state index in [1.54, 1.807) is 0 Å². The molecule has 0 bridgehead atoms. The quantitative estimate of drug-likeness (QED) is 0.0536. The normalized spacial score (nSPS) is 37.9. The van der Waals surface area contributed by atoms with E-state index in [1.807, 2.05) is 0 Å². The van der Waals surface area contributed by atoms with Crippen molar-refractivity contribution in [2.24, 2.45) is 0 Å². The Morgan fingerprint density at radius 1 is 0.690 bits per heavy atom. The SMILES string of the molecule is CC(=O)N[C@H]1[C@H](O[C@@H]([C@@H](O)[C@H](O)CO[C@@H]2O[C@H](COS(=O)(=O)O)[C@@H](O)[C@H](O)[C@H]2NC(C)=O)[C@H](CO)NC(C)=O)O[C@H](CO)[C@@H](O[C@@H]2O[C@H](CO)[C@H](O)[C@H](O)[C@H]2O)[C@@H]1O. The lowest BCUT2D eigenvalue weighted by atomic mass is 9.94. The molecule has 0 aromatic heterocycles. The summed E-state index contributed by atoms with van der Waals surface area (Å²) in [6.07, 6.45) is -30.0. The van der Waals surface area contributed by atoms with E-state index in [1.165, 1.54) is 0 Å². The van der Waals surface area contributed by atoms with Crippen LogP contribution in [0.15, 0.2) is 0 Å². The van der Waals surface area contributed by atoms with Crippen LogP contribution in [0.1, 0.15) is 20.8 Å². The monoisotopic (exact) mass is 871 g/mol. The van der Waals surface area contributed by atoms with Crippen molar-refractivity contribution in [1.29, 1.82) is 0 Å². The Labute approximate surface area is 330 Å². The Hall–Kier alpha value is -2.40. The minimum atomic E-state index is -5.06. The molecule has 3 rings (SSSR count). The van der Waals surface area contributed by atoms with Crippen LogP contribution in [0.4, 0.5) is 0 Å². The van der Waals surface area contributed by atoms with E-state index in [0.717, 1.165) is 20.8 Å². The number of hydrogen-bond acceptors (Lipinski definition) is 23. The third-order valence-electron chi connectivity index (χ3n) is 9.25. The zero-order valence-electron chi connectivity index (χ0n) is 31.2. The van der Waals surface area contributed by atoms with Crippen molar-refractivity contribution in [2.45, 2.75) is 137 Å². The summed E-state index contributed by atoms with van der Waals surface area (Å²) in [6.45, 7) is -1.87. The highest BCUT2D eigenvalue weighted by Gasteiger charge is 2.53. The fourth-order valence-corrected chi connectivity index (χ4v) is 6.71. The third kappa shape index (κ3) is 13.1. The van der Waals surface area contributed by atoms with E-state index < -0.39 is 178 Å². The molecule has 0 spiro atoms. The van der Waals surface area contributed by atoms with Crippen LogP contribution in [0.3, 0.4) is 0 Å². The van der Waals surface area contributed by atoms with E-state index in [2.05, 4.69) is 20.1 Å². The van der Waals surface area contributed by atoms with E-state index >= 15 is 0 Å². The Balaban J connectivity index is 1.89. The van der Waals surface area contributed by atoms with Crippen molar-refractivity contribution in [2.75, 3.05) is 33.0 Å². The van der Waals surface area contributed by atoms with Gasteiger partial charge in [-0.25, -0.2) is 4.18 Å². The first kappa shape index (κ1) is 50.0. The molecule has 3 aliphatic heterocycles. The zero-order chi connectivity index (χ0) is 43.8. The lowest BCUT2D eigenvalue weighted by Crippen LogP contribution is -2.69. The number of carbonyl (C=O) groups is 3. The highest BCUT2D eigenvalue weighted by molar-refractivity contribution is 7.80. The Morgan fingerprint density at radius 3 is 1.74 bits per heavy atom. The summed E-state index contributed by atoms with van der Waals surface area (Å²) >= 11 is 0. The first-order valence-electron chi connectivity index (χ1n) is 17.6. The Bertz CT molecular complexity index is 1450. The van der Waals surface area contributed by atoms with Gasteiger partial charge in [0.2, 0.25) is 17.7 Å². The Kier molecular flexibility index (Phi) is 18.9. The number of aliphatic hydroxyl groups excluding tert-OH is 11. The first-order chi connectivity index (χ1) is 27.0. The fraction of sp³-hybridized carbons (Fsp3) is 0.900. The molecule has 338 valence electrons. The van der Waals surface area contributed by atoms with Crippen LogP contribution in [0, 0.1) is 0 Å². The summed E-state index contributed by atoms with van der Waals surface area (Å²) in [5.74, 6) is -2.40. The summed E-state index contributed by atoms with van der Waals surface area (Å²) in [7, 11) is -5.06. The molecule has 3 amide bonds. The third-order valence-corrected chi connectivity index (χ3v) is 9.68. The molecule has 3 saturated heterocycles. The summed E-state index contributed by atoms with van der Waals surface area (Å²) in [6, 6.07) is -4.94. The van der Waals surface area contributed by atoms with E-state index in [4.69, 9.17) is 33.0 Å². The van der Waals surface area contributed by atoms with Crippen LogP contribution in [-0.2, 0) is 57.4 Å². The van der Waals surface area contributed by atoms with E-state index in [-0.39, 0.29) is 0 Å². The number of amides is 3. The fourth-order valence-electron chi connectivity index (χ4n) is 6.40. The lowest BCUT2D eigenvalue weighted by Gasteiger charge is -2.48. The molecule has 0 aromatic rings. The van der Waals surface area contributed by atoms with Crippen LogP contribution in [-0.4, -0.2) is 236 Å². The van der Waals surface area contributed by atoms with Gasteiger partial charge in [-0.15, -0.1) is 0 Å². The van der Waals surface area contributed by atoms with Crippen molar-refractivity contribution in [3.8, 4) is 0 Å². The summed E-state index contributed by atoms with van der Waals surface area (Å²) < 4.78 is 68.9. The van der Waals surface area contributed by atoms with Crippen LogP contribution in [0.2, 0.25) is 0 Å². The molecule has 3 fully saturated rings. The highest BCUT2D eigenvalue weighted by atomic mass is 32.3. The van der Waals surface area contributed by atoms with Gasteiger partial charge in [0.25, 0.3) is 0 Å². The van der Waals surface area contributed by atoms with Gasteiger partial charge in [-0.2, -0.15) is 8.42 Å². The molecule has 3 aliphatic rings. The van der Waals surface area contributed by atoms with Gasteiger partial charge in [0.1, 0.15) is 91.4 Å². The molecule has 0 saturated carbocycles. The van der Waals surface area contributed by atoms with Gasteiger partial charge in [0, 0.05) is 20.8 Å². The maximum atomic E-state index is 12.3. The van der Waals surface area contributed by atoms with Gasteiger partial charge in [0.15, 0.2) is 18.9 Å². The highest BCUT2D eigenvalue weighted by Crippen LogP contribution is 2.31. The molecule has 28 heteroatoms. The number of ether oxygens (including phenoxy) is 6. The number of rotatable bonds is 19.